The van der Waals surface area contributed by atoms with Gasteiger partial charge >= 0.3 is 0 Å². The maximum Gasteiger partial charge on any atom is 0.144 e. The van der Waals surface area contributed by atoms with E-state index in [-0.39, 0.29) is 6.61 Å². The highest BCUT2D eigenvalue weighted by molar-refractivity contribution is 7.17. The Kier molecular flexibility index (Phi) is 3.33. The van der Waals surface area contributed by atoms with Crippen LogP contribution in [-0.4, -0.2) is 32.9 Å². The number of fused-ring (bicyclic) bond motifs is 1. The van der Waals surface area contributed by atoms with Crippen molar-refractivity contribution in [2.75, 3.05) is 12.3 Å². The Morgan fingerprint density at radius 1 is 1.44 bits per heavy atom. The molecule has 0 aliphatic heterocycles. The van der Waals surface area contributed by atoms with E-state index in [1.165, 1.54) is 17.7 Å². The number of aliphatic hydroxyl groups is 2. The number of hydrogen-bond acceptors (Lipinski definition) is 6. The molecule has 6 heteroatoms. The van der Waals surface area contributed by atoms with Crippen LogP contribution in [-0.2, 0) is 6.42 Å². The second-order valence-corrected chi connectivity index (χ2v) is 4.45. The quantitative estimate of drug-likeness (QED) is 0.725. The molecule has 16 heavy (non-hydrogen) atoms. The Morgan fingerprint density at radius 2 is 2.25 bits per heavy atom. The average Bonchev–Trinajstić information content (AvgIpc) is 2.70. The van der Waals surface area contributed by atoms with E-state index < -0.39 is 6.10 Å². The molecule has 5 nitrogen and oxygen atoms in total. The van der Waals surface area contributed by atoms with Gasteiger partial charge in [-0.2, -0.15) is 0 Å². The summed E-state index contributed by atoms with van der Waals surface area (Å²) in [7, 11) is 0. The Labute approximate surface area is 96.6 Å². The summed E-state index contributed by atoms with van der Waals surface area (Å²) in [6.07, 6.45) is 1.97. The van der Waals surface area contributed by atoms with E-state index in [9.17, 15) is 5.11 Å². The van der Waals surface area contributed by atoms with E-state index in [2.05, 4.69) is 9.97 Å². The molecule has 0 fully saturated rings. The van der Waals surface area contributed by atoms with Gasteiger partial charge < -0.3 is 15.9 Å². The first-order chi connectivity index (χ1) is 7.72. The fourth-order valence-corrected chi connectivity index (χ4v) is 2.47. The average molecular weight is 239 g/mol. The summed E-state index contributed by atoms with van der Waals surface area (Å²) in [4.78, 5) is 8.10. The second-order valence-electron chi connectivity index (χ2n) is 3.57. The third-order valence-corrected chi connectivity index (χ3v) is 3.45. The molecule has 1 atom stereocenters. The number of nitrogens with zero attached hydrogens (tertiary/aromatic N) is 2. The highest BCUT2D eigenvalue weighted by atomic mass is 32.1. The largest absolute Gasteiger partial charge is 0.394 e. The fourth-order valence-electron chi connectivity index (χ4n) is 1.51. The number of hydrogen-bond donors (Lipinski definition) is 3. The van der Waals surface area contributed by atoms with Crippen molar-refractivity contribution in [1.82, 2.24) is 9.97 Å². The predicted molar refractivity (Wildman–Crippen MR) is 63.2 cm³/mol. The van der Waals surface area contributed by atoms with Gasteiger partial charge in [0.1, 0.15) is 12.1 Å². The molecule has 0 saturated heterocycles. The molecule has 0 amide bonds. The molecule has 0 saturated carbocycles. The van der Waals surface area contributed by atoms with E-state index in [0.717, 1.165) is 15.8 Å². The zero-order valence-corrected chi connectivity index (χ0v) is 9.44. The number of nitrogen functional groups attached to an aromatic ring is 1. The molecule has 0 aliphatic carbocycles. The van der Waals surface area contributed by atoms with Crippen molar-refractivity contribution in [3.05, 3.63) is 17.3 Å². The van der Waals surface area contributed by atoms with Gasteiger partial charge in [0, 0.05) is 0 Å². The third kappa shape index (κ3) is 2.13. The van der Waals surface area contributed by atoms with E-state index in [1.54, 1.807) is 0 Å². The van der Waals surface area contributed by atoms with Gasteiger partial charge in [0.25, 0.3) is 0 Å². The van der Waals surface area contributed by atoms with Gasteiger partial charge in [-0.25, -0.2) is 9.97 Å². The normalized spacial score (nSPS) is 13.1. The first-order valence-corrected chi connectivity index (χ1v) is 5.85. The summed E-state index contributed by atoms with van der Waals surface area (Å²) in [5.41, 5.74) is 7.61. The van der Waals surface area contributed by atoms with Gasteiger partial charge in [-0.3, -0.25) is 0 Å². The lowest BCUT2D eigenvalue weighted by Gasteiger charge is -2.05. The van der Waals surface area contributed by atoms with E-state index in [4.69, 9.17) is 10.8 Å². The summed E-state index contributed by atoms with van der Waals surface area (Å²) < 4.78 is 0.885. The fraction of sp³-hybridized carbons (Fsp3) is 0.400. The molecule has 86 valence electrons. The lowest BCUT2D eigenvalue weighted by Crippen LogP contribution is -2.12. The van der Waals surface area contributed by atoms with Crippen molar-refractivity contribution >= 4 is 27.4 Å². The van der Waals surface area contributed by atoms with Crippen molar-refractivity contribution in [2.45, 2.75) is 18.9 Å². The van der Waals surface area contributed by atoms with Crippen molar-refractivity contribution in [3.63, 3.8) is 0 Å². The molecule has 0 bridgehead atoms. The first kappa shape index (κ1) is 11.3. The van der Waals surface area contributed by atoms with Gasteiger partial charge in [-0.1, -0.05) is 0 Å². The molecule has 2 heterocycles. The van der Waals surface area contributed by atoms with Crippen molar-refractivity contribution in [2.24, 2.45) is 0 Å². The van der Waals surface area contributed by atoms with E-state index >= 15 is 0 Å². The summed E-state index contributed by atoms with van der Waals surface area (Å²) in [6.45, 7) is -0.209. The smallest absolute Gasteiger partial charge is 0.144 e. The first-order valence-electron chi connectivity index (χ1n) is 4.98. The zero-order chi connectivity index (χ0) is 11.5. The third-order valence-electron chi connectivity index (χ3n) is 2.41. The molecular weight excluding hydrogens is 226 g/mol. The number of aliphatic hydroxyl groups excluding tert-OH is 2. The molecule has 1 unspecified atom stereocenters. The van der Waals surface area contributed by atoms with Crippen molar-refractivity contribution < 1.29 is 10.2 Å². The van der Waals surface area contributed by atoms with Gasteiger partial charge in [0.2, 0.25) is 0 Å². The summed E-state index contributed by atoms with van der Waals surface area (Å²) >= 11 is 1.51. The Bertz CT molecular complexity index is 486. The van der Waals surface area contributed by atoms with Crippen LogP contribution in [0.5, 0.6) is 0 Å². The Morgan fingerprint density at radius 3 is 3.00 bits per heavy atom. The number of thiophene rings is 1. The van der Waals surface area contributed by atoms with Crippen LogP contribution in [0, 0.1) is 0 Å². The van der Waals surface area contributed by atoms with Crippen LogP contribution < -0.4 is 5.73 Å². The van der Waals surface area contributed by atoms with Crippen LogP contribution >= 0.6 is 11.3 Å². The second kappa shape index (κ2) is 4.73. The standard InChI is InChI=1S/C10H13N3O2S/c11-10-9-8(12-5-13-10)6(4-16-9)1-2-7(15)3-14/h4-5,7,14-15H,1-3H2,(H2,11,12,13). The van der Waals surface area contributed by atoms with Gasteiger partial charge in [0.15, 0.2) is 0 Å². The van der Waals surface area contributed by atoms with Crippen LogP contribution in [0.3, 0.4) is 0 Å². The van der Waals surface area contributed by atoms with Crippen molar-refractivity contribution in [1.29, 1.82) is 0 Å². The molecule has 0 spiro atoms. The van der Waals surface area contributed by atoms with Crippen LogP contribution in [0.15, 0.2) is 11.7 Å². The Balaban J connectivity index is 2.22. The lowest BCUT2D eigenvalue weighted by molar-refractivity contribution is 0.0886. The summed E-state index contributed by atoms with van der Waals surface area (Å²) in [6, 6.07) is 0. The maximum atomic E-state index is 9.28. The molecule has 4 N–H and O–H groups in total. The van der Waals surface area contributed by atoms with Gasteiger partial charge in [-0.15, -0.1) is 11.3 Å². The van der Waals surface area contributed by atoms with E-state index in [0.29, 0.717) is 18.7 Å². The maximum absolute atomic E-state index is 9.28. The number of nitrogens with two attached hydrogens (primary N) is 1. The number of anilines is 1. The number of rotatable bonds is 4. The van der Waals surface area contributed by atoms with Crippen LogP contribution in [0.2, 0.25) is 0 Å². The molecular formula is C10H13N3O2S. The number of aryl methyl sites for hydroxylation is 1. The monoisotopic (exact) mass is 239 g/mol. The summed E-state index contributed by atoms with van der Waals surface area (Å²) in [5, 5.41) is 20.0. The highest BCUT2D eigenvalue weighted by Gasteiger charge is 2.10. The minimum atomic E-state index is -0.672. The molecule has 0 radical (unpaired) electrons. The van der Waals surface area contributed by atoms with Crippen LogP contribution in [0.1, 0.15) is 12.0 Å². The molecule has 2 aromatic heterocycles. The molecule has 2 aromatic rings. The lowest BCUT2D eigenvalue weighted by atomic mass is 10.1. The highest BCUT2D eigenvalue weighted by Crippen LogP contribution is 2.28. The SMILES string of the molecule is Nc1ncnc2c(CCC(O)CO)csc12. The predicted octanol–water partition coefficient (Wildman–Crippen LogP) is 0.559. The minimum Gasteiger partial charge on any atom is -0.394 e. The number of aromatic nitrogens is 2. The molecule has 2 rings (SSSR count). The Hall–Kier alpha value is -1.24. The summed E-state index contributed by atoms with van der Waals surface area (Å²) in [5.74, 6) is 0.490. The molecule has 0 aliphatic rings. The van der Waals surface area contributed by atoms with Gasteiger partial charge in [-0.05, 0) is 23.8 Å². The topological polar surface area (TPSA) is 92.3 Å². The van der Waals surface area contributed by atoms with Crippen molar-refractivity contribution in [3.8, 4) is 0 Å². The van der Waals surface area contributed by atoms with Crippen LogP contribution in [0.4, 0.5) is 5.82 Å². The zero-order valence-electron chi connectivity index (χ0n) is 8.63. The van der Waals surface area contributed by atoms with E-state index in [1.807, 2.05) is 5.38 Å². The van der Waals surface area contributed by atoms with Crippen LogP contribution in [0.25, 0.3) is 10.2 Å². The van der Waals surface area contributed by atoms with Gasteiger partial charge in [0.05, 0.1) is 22.9 Å². The molecule has 0 aromatic carbocycles. The minimum absolute atomic E-state index is 0.209.